The summed E-state index contributed by atoms with van der Waals surface area (Å²) >= 11 is 5.86. The standard InChI is InChI=1S/C15H17ClN2O5/c1-10-3-2-6-17(8-10)14(19)9-23-15(20)12-7-11(18(21)22)4-5-13(12)16/h4-5,7,10H,2-3,6,8-9H2,1H3/t10-/m0/s1. The quantitative estimate of drug-likeness (QED) is 0.477. The number of carbonyl (C=O) groups excluding carboxylic acids is 2. The molecule has 8 heteroatoms. The first-order chi connectivity index (χ1) is 10.9. The SMILES string of the molecule is C[C@H]1CCCN(C(=O)COC(=O)c2cc([N+](=O)[O-])ccc2Cl)C1. The summed E-state index contributed by atoms with van der Waals surface area (Å²) in [6.45, 7) is 2.96. The van der Waals surface area contributed by atoms with Crippen LogP contribution in [-0.4, -0.2) is 41.4 Å². The Labute approximate surface area is 138 Å². The fraction of sp³-hybridized carbons (Fsp3) is 0.467. The van der Waals surface area contributed by atoms with Crippen molar-refractivity contribution in [2.45, 2.75) is 19.8 Å². The molecule has 0 aliphatic carbocycles. The smallest absolute Gasteiger partial charge is 0.340 e. The van der Waals surface area contributed by atoms with Gasteiger partial charge in [-0.3, -0.25) is 14.9 Å². The number of nitro benzene ring substituents is 1. The van der Waals surface area contributed by atoms with E-state index in [2.05, 4.69) is 6.92 Å². The summed E-state index contributed by atoms with van der Waals surface area (Å²) in [7, 11) is 0. The Hall–Kier alpha value is -2.15. The van der Waals surface area contributed by atoms with E-state index in [0.29, 0.717) is 19.0 Å². The minimum atomic E-state index is -0.850. The highest BCUT2D eigenvalue weighted by Crippen LogP contribution is 2.23. The van der Waals surface area contributed by atoms with Crippen LogP contribution in [0.2, 0.25) is 5.02 Å². The Kier molecular flexibility index (Phi) is 5.54. The summed E-state index contributed by atoms with van der Waals surface area (Å²) in [5.74, 6) is -0.696. The van der Waals surface area contributed by atoms with Crippen LogP contribution >= 0.6 is 11.6 Å². The molecule has 0 N–H and O–H groups in total. The van der Waals surface area contributed by atoms with Gasteiger partial charge in [0.2, 0.25) is 0 Å². The van der Waals surface area contributed by atoms with Gasteiger partial charge in [-0.25, -0.2) is 4.79 Å². The van der Waals surface area contributed by atoms with Crippen LogP contribution in [0.25, 0.3) is 0 Å². The minimum Gasteiger partial charge on any atom is -0.452 e. The topological polar surface area (TPSA) is 89.8 Å². The van der Waals surface area contributed by atoms with Gasteiger partial charge in [0.15, 0.2) is 6.61 Å². The number of nitro groups is 1. The van der Waals surface area contributed by atoms with Gasteiger partial charge in [-0.2, -0.15) is 0 Å². The molecule has 0 saturated carbocycles. The number of nitrogens with zero attached hydrogens (tertiary/aromatic N) is 2. The number of carbonyl (C=O) groups is 2. The van der Waals surface area contributed by atoms with Gasteiger partial charge in [-0.1, -0.05) is 18.5 Å². The Morgan fingerprint density at radius 1 is 1.48 bits per heavy atom. The molecule has 1 aromatic carbocycles. The Morgan fingerprint density at radius 3 is 2.87 bits per heavy atom. The maximum atomic E-state index is 12.0. The summed E-state index contributed by atoms with van der Waals surface area (Å²) in [4.78, 5) is 35.8. The van der Waals surface area contributed by atoms with Crippen molar-refractivity contribution >= 4 is 29.2 Å². The van der Waals surface area contributed by atoms with Gasteiger partial charge in [-0.15, -0.1) is 0 Å². The molecule has 1 aromatic rings. The molecule has 1 fully saturated rings. The van der Waals surface area contributed by atoms with E-state index in [1.807, 2.05) is 0 Å². The molecule has 2 rings (SSSR count). The highest BCUT2D eigenvalue weighted by atomic mass is 35.5. The molecular weight excluding hydrogens is 324 g/mol. The molecule has 1 atom stereocenters. The maximum absolute atomic E-state index is 12.0. The van der Waals surface area contributed by atoms with E-state index in [4.69, 9.17) is 16.3 Å². The number of ether oxygens (including phenoxy) is 1. The van der Waals surface area contributed by atoms with Crippen molar-refractivity contribution in [1.29, 1.82) is 0 Å². The summed E-state index contributed by atoms with van der Waals surface area (Å²) in [6, 6.07) is 3.49. The van der Waals surface area contributed by atoms with Crippen molar-refractivity contribution in [3.05, 3.63) is 38.9 Å². The van der Waals surface area contributed by atoms with Gasteiger partial charge in [0.25, 0.3) is 11.6 Å². The Morgan fingerprint density at radius 2 is 2.22 bits per heavy atom. The summed E-state index contributed by atoms with van der Waals surface area (Å²) in [5.41, 5.74) is -0.391. The minimum absolute atomic E-state index is 0.0413. The molecular formula is C15H17ClN2O5. The van der Waals surface area contributed by atoms with Crippen LogP contribution in [0, 0.1) is 16.0 Å². The molecule has 23 heavy (non-hydrogen) atoms. The average molecular weight is 341 g/mol. The third kappa shape index (κ3) is 4.41. The predicted molar refractivity (Wildman–Crippen MR) is 83.4 cm³/mol. The number of rotatable bonds is 4. The number of halogens is 1. The molecule has 0 spiro atoms. The fourth-order valence-corrected chi connectivity index (χ4v) is 2.69. The molecule has 1 aliphatic rings. The van der Waals surface area contributed by atoms with Gasteiger partial charge in [-0.05, 0) is 24.8 Å². The molecule has 7 nitrogen and oxygen atoms in total. The van der Waals surface area contributed by atoms with Crippen molar-refractivity contribution in [3.8, 4) is 0 Å². The first-order valence-corrected chi connectivity index (χ1v) is 7.65. The normalized spacial score (nSPS) is 17.7. The number of benzene rings is 1. The number of hydrogen-bond donors (Lipinski definition) is 0. The largest absolute Gasteiger partial charge is 0.452 e. The number of hydrogen-bond acceptors (Lipinski definition) is 5. The summed E-state index contributed by atoms with van der Waals surface area (Å²) in [5, 5.41) is 10.8. The molecule has 0 bridgehead atoms. The van der Waals surface area contributed by atoms with Gasteiger partial charge in [0, 0.05) is 25.2 Å². The van der Waals surface area contributed by atoms with Crippen molar-refractivity contribution in [2.24, 2.45) is 5.92 Å². The molecule has 0 aromatic heterocycles. The van der Waals surface area contributed by atoms with Crippen LogP contribution in [0.3, 0.4) is 0 Å². The first-order valence-electron chi connectivity index (χ1n) is 7.27. The first kappa shape index (κ1) is 17.2. The number of esters is 1. The van der Waals surface area contributed by atoms with Crippen LogP contribution in [0.5, 0.6) is 0 Å². The molecule has 124 valence electrons. The van der Waals surface area contributed by atoms with E-state index >= 15 is 0 Å². The number of amides is 1. The van der Waals surface area contributed by atoms with Crippen molar-refractivity contribution in [1.82, 2.24) is 4.90 Å². The van der Waals surface area contributed by atoms with Gasteiger partial charge < -0.3 is 9.64 Å². The van der Waals surface area contributed by atoms with Crippen LogP contribution in [-0.2, 0) is 9.53 Å². The lowest BCUT2D eigenvalue weighted by Crippen LogP contribution is -2.41. The summed E-state index contributed by atoms with van der Waals surface area (Å²) in [6.07, 6.45) is 2.00. The predicted octanol–water partition coefficient (Wildman–Crippen LogP) is 2.66. The molecule has 1 heterocycles. The Bertz CT molecular complexity index is 634. The molecule has 0 radical (unpaired) electrons. The second kappa shape index (κ2) is 7.41. The molecule has 0 unspecified atom stereocenters. The molecule has 1 saturated heterocycles. The van der Waals surface area contributed by atoms with E-state index in [-0.39, 0.29) is 22.2 Å². The van der Waals surface area contributed by atoms with Crippen molar-refractivity contribution < 1.29 is 19.2 Å². The zero-order valence-corrected chi connectivity index (χ0v) is 13.4. The molecule has 1 amide bonds. The number of non-ortho nitro benzene ring substituents is 1. The zero-order valence-electron chi connectivity index (χ0n) is 12.7. The monoisotopic (exact) mass is 340 g/mol. The third-order valence-corrected chi connectivity index (χ3v) is 4.05. The third-order valence-electron chi connectivity index (χ3n) is 3.72. The van der Waals surface area contributed by atoms with Crippen LogP contribution in [0.15, 0.2) is 18.2 Å². The van der Waals surface area contributed by atoms with E-state index < -0.39 is 17.5 Å². The lowest BCUT2D eigenvalue weighted by molar-refractivity contribution is -0.384. The van der Waals surface area contributed by atoms with Gasteiger partial charge >= 0.3 is 5.97 Å². The van der Waals surface area contributed by atoms with Gasteiger partial charge in [0.1, 0.15) is 0 Å². The number of likely N-dealkylation sites (tertiary alicyclic amines) is 1. The van der Waals surface area contributed by atoms with Crippen molar-refractivity contribution in [2.75, 3.05) is 19.7 Å². The van der Waals surface area contributed by atoms with E-state index in [1.54, 1.807) is 4.90 Å². The highest BCUT2D eigenvalue weighted by Gasteiger charge is 2.23. The fourth-order valence-electron chi connectivity index (χ4n) is 2.50. The Balaban J connectivity index is 1.98. The average Bonchev–Trinajstić information content (AvgIpc) is 2.52. The summed E-state index contributed by atoms with van der Waals surface area (Å²) < 4.78 is 4.96. The zero-order chi connectivity index (χ0) is 17.0. The second-order valence-electron chi connectivity index (χ2n) is 5.58. The lowest BCUT2D eigenvalue weighted by Gasteiger charge is -2.30. The highest BCUT2D eigenvalue weighted by molar-refractivity contribution is 6.33. The van der Waals surface area contributed by atoms with Crippen LogP contribution in [0.4, 0.5) is 5.69 Å². The molecule has 1 aliphatic heterocycles. The second-order valence-corrected chi connectivity index (χ2v) is 5.99. The maximum Gasteiger partial charge on any atom is 0.340 e. The van der Waals surface area contributed by atoms with Crippen LogP contribution < -0.4 is 0 Å². The van der Waals surface area contributed by atoms with Crippen LogP contribution in [0.1, 0.15) is 30.1 Å². The van der Waals surface area contributed by atoms with Gasteiger partial charge in [0.05, 0.1) is 15.5 Å². The van der Waals surface area contributed by atoms with E-state index in [9.17, 15) is 19.7 Å². The van der Waals surface area contributed by atoms with E-state index in [1.165, 1.54) is 12.1 Å². The number of piperidine rings is 1. The van der Waals surface area contributed by atoms with E-state index in [0.717, 1.165) is 18.9 Å². The lowest BCUT2D eigenvalue weighted by atomic mass is 10.0. The van der Waals surface area contributed by atoms with Crippen molar-refractivity contribution in [3.63, 3.8) is 0 Å².